The molecule has 1 heterocycles. The molecule has 1 aromatic carbocycles. The number of ether oxygens (including phenoxy) is 1. The lowest BCUT2D eigenvalue weighted by Crippen LogP contribution is -2.55. The van der Waals surface area contributed by atoms with E-state index in [0.29, 0.717) is 25.3 Å². The largest absolute Gasteiger partial charge is 0.508 e. The molecular weight excluding hydrogens is 272 g/mol. The van der Waals surface area contributed by atoms with E-state index in [-0.39, 0.29) is 23.5 Å². The van der Waals surface area contributed by atoms with Crippen molar-refractivity contribution >= 4 is 5.97 Å². The van der Waals surface area contributed by atoms with E-state index in [1.54, 1.807) is 6.92 Å². The molecule has 1 fully saturated rings. The highest BCUT2D eigenvalue weighted by Crippen LogP contribution is 2.32. The molecule has 6 nitrogen and oxygen atoms in total. The van der Waals surface area contributed by atoms with E-state index in [1.807, 2.05) is 11.8 Å². The summed E-state index contributed by atoms with van der Waals surface area (Å²) >= 11 is 0. The van der Waals surface area contributed by atoms with Gasteiger partial charge in [0, 0.05) is 31.2 Å². The molecule has 0 aromatic heterocycles. The number of piperazine rings is 1. The van der Waals surface area contributed by atoms with Crippen LogP contribution in [0.15, 0.2) is 18.2 Å². The molecule has 2 unspecified atom stereocenters. The van der Waals surface area contributed by atoms with Crippen molar-refractivity contribution in [3.05, 3.63) is 23.8 Å². The maximum absolute atomic E-state index is 12.1. The van der Waals surface area contributed by atoms with Gasteiger partial charge in [0.05, 0.1) is 6.61 Å². The predicted octanol–water partition coefficient (Wildman–Crippen LogP) is 0.996. The topological polar surface area (TPSA) is 82.0 Å². The number of benzene rings is 1. The van der Waals surface area contributed by atoms with Gasteiger partial charge in [0.1, 0.15) is 17.5 Å². The van der Waals surface area contributed by atoms with Crippen LogP contribution in [-0.2, 0) is 9.53 Å². The molecule has 116 valence electrons. The zero-order valence-electron chi connectivity index (χ0n) is 12.4. The molecular formula is C15H22N2O4. The quantitative estimate of drug-likeness (QED) is 0.567. The molecule has 6 heteroatoms. The van der Waals surface area contributed by atoms with Crippen LogP contribution in [-0.4, -0.2) is 53.4 Å². The molecule has 1 aromatic rings. The van der Waals surface area contributed by atoms with Crippen molar-refractivity contribution in [3.63, 3.8) is 0 Å². The summed E-state index contributed by atoms with van der Waals surface area (Å²) in [5, 5.41) is 22.8. The van der Waals surface area contributed by atoms with Crippen molar-refractivity contribution in [2.75, 3.05) is 26.2 Å². The van der Waals surface area contributed by atoms with Gasteiger partial charge in [-0.1, -0.05) is 0 Å². The number of nitrogens with one attached hydrogen (secondary N) is 1. The molecule has 0 spiro atoms. The van der Waals surface area contributed by atoms with E-state index in [1.165, 1.54) is 18.2 Å². The highest BCUT2D eigenvalue weighted by Gasteiger charge is 2.34. The summed E-state index contributed by atoms with van der Waals surface area (Å²) in [6.45, 7) is 5.98. The Morgan fingerprint density at radius 3 is 3.00 bits per heavy atom. The second-order valence-electron chi connectivity index (χ2n) is 5.13. The van der Waals surface area contributed by atoms with Crippen molar-refractivity contribution in [2.24, 2.45) is 0 Å². The zero-order chi connectivity index (χ0) is 15.4. The molecule has 1 aliphatic rings. The molecule has 1 aliphatic heterocycles. The summed E-state index contributed by atoms with van der Waals surface area (Å²) in [6, 6.07) is 3.84. The Morgan fingerprint density at radius 1 is 1.52 bits per heavy atom. The molecule has 0 radical (unpaired) electrons. The second kappa shape index (κ2) is 6.78. The number of phenolic OH excluding ortho intramolecular Hbond substituents is 2. The number of carbonyl (C=O) groups is 1. The number of rotatable bonds is 4. The highest BCUT2D eigenvalue weighted by molar-refractivity contribution is 5.76. The van der Waals surface area contributed by atoms with Crippen LogP contribution in [0.5, 0.6) is 11.5 Å². The average Bonchev–Trinajstić information content (AvgIpc) is 2.49. The molecule has 21 heavy (non-hydrogen) atoms. The van der Waals surface area contributed by atoms with Crippen LogP contribution in [0.4, 0.5) is 0 Å². The maximum Gasteiger partial charge on any atom is 0.324 e. The number of hydrogen-bond donors (Lipinski definition) is 3. The van der Waals surface area contributed by atoms with Crippen LogP contribution < -0.4 is 5.32 Å². The summed E-state index contributed by atoms with van der Waals surface area (Å²) in [5.41, 5.74) is 0.603. The van der Waals surface area contributed by atoms with Gasteiger partial charge in [-0.15, -0.1) is 0 Å². The summed E-state index contributed by atoms with van der Waals surface area (Å²) in [4.78, 5) is 14.1. The van der Waals surface area contributed by atoms with Gasteiger partial charge in [0.25, 0.3) is 0 Å². The predicted molar refractivity (Wildman–Crippen MR) is 78.2 cm³/mol. The number of esters is 1. The van der Waals surface area contributed by atoms with Gasteiger partial charge in [-0.05, 0) is 32.0 Å². The summed E-state index contributed by atoms with van der Waals surface area (Å²) in [7, 11) is 0. The van der Waals surface area contributed by atoms with Gasteiger partial charge in [-0.25, -0.2) is 0 Å². The SMILES string of the molecule is CCOC(=O)C1CNCCN1C(C)c1cc(O)ccc1O. The van der Waals surface area contributed by atoms with Crippen molar-refractivity contribution in [1.82, 2.24) is 10.2 Å². The fourth-order valence-corrected chi connectivity index (χ4v) is 2.70. The number of hydrogen-bond acceptors (Lipinski definition) is 6. The molecule has 3 N–H and O–H groups in total. The zero-order valence-corrected chi connectivity index (χ0v) is 12.4. The van der Waals surface area contributed by atoms with Crippen molar-refractivity contribution in [3.8, 4) is 11.5 Å². The average molecular weight is 294 g/mol. The van der Waals surface area contributed by atoms with Crippen molar-refractivity contribution in [2.45, 2.75) is 25.9 Å². The third kappa shape index (κ3) is 3.46. The minimum Gasteiger partial charge on any atom is -0.508 e. The molecule has 0 bridgehead atoms. The van der Waals surface area contributed by atoms with Gasteiger partial charge in [-0.2, -0.15) is 0 Å². The van der Waals surface area contributed by atoms with E-state index in [0.717, 1.165) is 6.54 Å². The monoisotopic (exact) mass is 294 g/mol. The van der Waals surface area contributed by atoms with Gasteiger partial charge in [0.2, 0.25) is 0 Å². The number of phenols is 2. The highest BCUT2D eigenvalue weighted by atomic mass is 16.5. The smallest absolute Gasteiger partial charge is 0.324 e. The molecule has 0 amide bonds. The molecule has 2 atom stereocenters. The molecule has 0 aliphatic carbocycles. The van der Waals surface area contributed by atoms with Crippen LogP contribution in [0.2, 0.25) is 0 Å². The standard InChI is InChI=1S/C15H22N2O4/c1-3-21-15(20)13-9-16-6-7-17(13)10(2)12-8-11(18)4-5-14(12)19/h4-5,8,10,13,16,18-19H,3,6-7,9H2,1-2H3. The summed E-state index contributed by atoms with van der Waals surface area (Å²) in [6.07, 6.45) is 0. The summed E-state index contributed by atoms with van der Waals surface area (Å²) < 4.78 is 5.12. The van der Waals surface area contributed by atoms with Crippen molar-refractivity contribution < 1.29 is 19.7 Å². The molecule has 2 rings (SSSR count). The van der Waals surface area contributed by atoms with Gasteiger partial charge in [0.15, 0.2) is 0 Å². The van der Waals surface area contributed by atoms with E-state index < -0.39 is 6.04 Å². The Morgan fingerprint density at radius 2 is 2.29 bits per heavy atom. The van der Waals surface area contributed by atoms with Crippen LogP contribution in [0.3, 0.4) is 0 Å². The first-order chi connectivity index (χ1) is 10.0. The Kier molecular flexibility index (Phi) is 5.03. The fraction of sp³-hybridized carbons (Fsp3) is 0.533. The lowest BCUT2D eigenvalue weighted by Gasteiger charge is -2.38. The molecule has 1 saturated heterocycles. The maximum atomic E-state index is 12.1. The van der Waals surface area contributed by atoms with Crippen LogP contribution in [0.25, 0.3) is 0 Å². The van der Waals surface area contributed by atoms with Crippen LogP contribution in [0.1, 0.15) is 25.5 Å². The first-order valence-electron chi connectivity index (χ1n) is 7.19. The van der Waals surface area contributed by atoms with E-state index in [9.17, 15) is 15.0 Å². The molecule has 0 saturated carbocycles. The van der Waals surface area contributed by atoms with Crippen LogP contribution in [0, 0.1) is 0 Å². The number of carbonyl (C=O) groups excluding carboxylic acids is 1. The van der Waals surface area contributed by atoms with Gasteiger partial charge < -0.3 is 20.3 Å². The number of aromatic hydroxyl groups is 2. The Balaban J connectivity index is 2.23. The van der Waals surface area contributed by atoms with Crippen molar-refractivity contribution in [1.29, 1.82) is 0 Å². The fourth-order valence-electron chi connectivity index (χ4n) is 2.70. The van der Waals surface area contributed by atoms with Gasteiger partial charge >= 0.3 is 5.97 Å². The lowest BCUT2D eigenvalue weighted by atomic mass is 10.0. The van der Waals surface area contributed by atoms with Crippen LogP contribution >= 0.6 is 0 Å². The van der Waals surface area contributed by atoms with E-state index in [2.05, 4.69) is 5.32 Å². The Hall–Kier alpha value is -1.79. The number of nitrogens with zero attached hydrogens (tertiary/aromatic N) is 1. The van der Waals surface area contributed by atoms with Gasteiger partial charge in [-0.3, -0.25) is 9.69 Å². The third-order valence-corrected chi connectivity index (χ3v) is 3.80. The first-order valence-corrected chi connectivity index (χ1v) is 7.19. The Bertz CT molecular complexity index is 506. The minimum atomic E-state index is -0.393. The summed E-state index contributed by atoms with van der Waals surface area (Å²) in [5.74, 6) is -0.0601. The van der Waals surface area contributed by atoms with E-state index in [4.69, 9.17) is 4.74 Å². The normalized spacial score (nSPS) is 21.0. The second-order valence-corrected chi connectivity index (χ2v) is 5.13. The first kappa shape index (κ1) is 15.6. The Labute approximate surface area is 124 Å². The third-order valence-electron chi connectivity index (χ3n) is 3.80. The lowest BCUT2D eigenvalue weighted by molar-refractivity contribution is -0.151. The minimum absolute atomic E-state index is 0.0949. The van der Waals surface area contributed by atoms with E-state index >= 15 is 0 Å².